The van der Waals surface area contributed by atoms with Crippen LogP contribution in [0, 0.1) is 0 Å². The van der Waals surface area contributed by atoms with Crippen LogP contribution in [0.25, 0.3) is 0 Å². The van der Waals surface area contributed by atoms with Crippen LogP contribution in [0.15, 0.2) is 47.6 Å². The number of benzene rings is 2. The van der Waals surface area contributed by atoms with Gasteiger partial charge in [-0.15, -0.1) is 10.2 Å². The molecule has 1 unspecified atom stereocenters. The quantitative estimate of drug-likeness (QED) is 0.354. The molecule has 0 saturated heterocycles. The second-order valence-electron chi connectivity index (χ2n) is 8.17. The molecule has 1 aromatic heterocycles. The molecule has 2 amide bonds. The van der Waals surface area contributed by atoms with Crippen molar-refractivity contribution in [2.45, 2.75) is 45.0 Å². The maximum atomic E-state index is 12.6. The van der Waals surface area contributed by atoms with Crippen molar-refractivity contribution in [1.82, 2.24) is 14.8 Å². The van der Waals surface area contributed by atoms with Gasteiger partial charge in [-0.25, -0.2) is 0 Å². The summed E-state index contributed by atoms with van der Waals surface area (Å²) in [4.78, 5) is 24.1. The van der Waals surface area contributed by atoms with E-state index in [2.05, 4.69) is 20.8 Å². The Morgan fingerprint density at radius 3 is 2.28 bits per heavy atom. The second kappa shape index (κ2) is 12.3. The summed E-state index contributed by atoms with van der Waals surface area (Å²) in [5, 5.41) is 14.8. The third kappa shape index (κ3) is 6.91. The molecule has 36 heavy (non-hydrogen) atoms. The van der Waals surface area contributed by atoms with Crippen molar-refractivity contribution in [3.8, 4) is 17.2 Å². The van der Waals surface area contributed by atoms with Crippen molar-refractivity contribution in [3.05, 3.63) is 48.3 Å². The molecule has 0 aliphatic heterocycles. The number of nitrogens with zero attached hydrogens (tertiary/aromatic N) is 3. The van der Waals surface area contributed by atoms with Gasteiger partial charge in [0.25, 0.3) is 0 Å². The van der Waals surface area contributed by atoms with Crippen LogP contribution in [-0.4, -0.2) is 46.6 Å². The Labute approximate surface area is 214 Å². The van der Waals surface area contributed by atoms with Crippen molar-refractivity contribution in [2.24, 2.45) is 0 Å². The molecule has 10 nitrogen and oxygen atoms in total. The number of aromatic nitrogens is 3. The Bertz CT molecular complexity index is 1200. The lowest BCUT2D eigenvalue weighted by molar-refractivity contribution is -0.114. The molecule has 0 spiro atoms. The van der Waals surface area contributed by atoms with Crippen molar-refractivity contribution >= 4 is 35.0 Å². The number of rotatable bonds is 11. The largest absolute Gasteiger partial charge is 0.497 e. The number of carbonyl (C=O) groups is 2. The van der Waals surface area contributed by atoms with Crippen LogP contribution in [0.2, 0.25) is 0 Å². The van der Waals surface area contributed by atoms with Crippen molar-refractivity contribution in [2.75, 3.05) is 30.6 Å². The number of nitrogens with one attached hydrogen (secondary N) is 2. The van der Waals surface area contributed by atoms with Crippen molar-refractivity contribution in [3.63, 3.8) is 0 Å². The molecule has 0 aliphatic rings. The smallest absolute Gasteiger partial charge is 0.234 e. The van der Waals surface area contributed by atoms with E-state index in [1.165, 1.54) is 25.8 Å². The fraction of sp³-hybridized carbons (Fsp3) is 0.360. The minimum absolute atomic E-state index is 0.0595. The van der Waals surface area contributed by atoms with E-state index >= 15 is 0 Å². The monoisotopic (exact) mass is 513 g/mol. The van der Waals surface area contributed by atoms with Gasteiger partial charge in [-0.05, 0) is 63.2 Å². The number of methoxy groups -OCH3 is 2. The third-order valence-corrected chi connectivity index (χ3v) is 6.01. The molecule has 0 bridgehead atoms. The van der Waals surface area contributed by atoms with Crippen molar-refractivity contribution < 1.29 is 23.8 Å². The molecule has 3 aromatic rings. The summed E-state index contributed by atoms with van der Waals surface area (Å²) in [5.41, 5.74) is 1.02. The predicted octanol–water partition coefficient (Wildman–Crippen LogP) is 4.71. The van der Waals surface area contributed by atoms with Crippen molar-refractivity contribution in [1.29, 1.82) is 0 Å². The summed E-state index contributed by atoms with van der Waals surface area (Å²) in [6.07, 6.45) is -0.358. The van der Waals surface area contributed by atoms with Gasteiger partial charge in [0.1, 0.15) is 17.2 Å². The first-order valence-electron chi connectivity index (χ1n) is 11.4. The Hall–Kier alpha value is -3.73. The van der Waals surface area contributed by atoms with Crippen LogP contribution in [-0.2, 0) is 9.59 Å². The zero-order chi connectivity index (χ0) is 26.2. The first kappa shape index (κ1) is 26.9. The molecular formula is C25H31N5O5S. The van der Waals surface area contributed by atoms with Gasteiger partial charge in [0.15, 0.2) is 17.1 Å². The molecular weight excluding hydrogens is 482 g/mol. The Kier molecular flexibility index (Phi) is 9.18. The average Bonchev–Trinajstić information content (AvgIpc) is 3.28. The van der Waals surface area contributed by atoms with E-state index in [9.17, 15) is 9.59 Å². The predicted molar refractivity (Wildman–Crippen MR) is 139 cm³/mol. The molecule has 2 aromatic carbocycles. The molecule has 0 fully saturated rings. The zero-order valence-electron chi connectivity index (χ0n) is 21.2. The highest BCUT2D eigenvalue weighted by Crippen LogP contribution is 2.30. The molecule has 0 aliphatic carbocycles. The summed E-state index contributed by atoms with van der Waals surface area (Å²) in [7, 11) is 3.13. The summed E-state index contributed by atoms with van der Waals surface area (Å²) < 4.78 is 18.5. The van der Waals surface area contributed by atoms with E-state index in [0.29, 0.717) is 33.9 Å². The SMILES string of the molecule is COc1ccc(OC(C)c2nnc(SCC(=O)Nc3ccc(OC)c(NC(C)=O)c3)n2C(C)C)cc1. The van der Waals surface area contributed by atoms with E-state index in [-0.39, 0.29) is 29.7 Å². The maximum absolute atomic E-state index is 12.6. The Balaban J connectivity index is 1.67. The molecule has 3 rings (SSSR count). The van der Waals surface area contributed by atoms with Gasteiger partial charge in [0.05, 0.1) is 25.7 Å². The van der Waals surface area contributed by atoms with Crippen LogP contribution in [0.5, 0.6) is 17.2 Å². The van der Waals surface area contributed by atoms with Crippen LogP contribution in [0.4, 0.5) is 11.4 Å². The Morgan fingerprint density at radius 1 is 0.972 bits per heavy atom. The normalized spacial score (nSPS) is 11.6. The summed E-state index contributed by atoms with van der Waals surface area (Å²) >= 11 is 1.29. The highest BCUT2D eigenvalue weighted by atomic mass is 32.2. The van der Waals surface area contributed by atoms with Crippen LogP contribution in [0.3, 0.4) is 0 Å². The molecule has 0 saturated carbocycles. The molecule has 192 valence electrons. The van der Waals surface area contributed by atoms with E-state index in [4.69, 9.17) is 14.2 Å². The number of carbonyl (C=O) groups excluding carboxylic acids is 2. The average molecular weight is 514 g/mol. The number of thioether (sulfide) groups is 1. The van der Waals surface area contributed by atoms with Crippen LogP contribution < -0.4 is 24.8 Å². The topological polar surface area (TPSA) is 117 Å². The van der Waals surface area contributed by atoms with Gasteiger partial charge >= 0.3 is 0 Å². The number of anilines is 2. The second-order valence-corrected chi connectivity index (χ2v) is 9.12. The fourth-order valence-electron chi connectivity index (χ4n) is 3.46. The molecule has 0 radical (unpaired) electrons. The van der Waals surface area contributed by atoms with Gasteiger partial charge < -0.3 is 29.4 Å². The molecule has 1 heterocycles. The summed E-state index contributed by atoms with van der Waals surface area (Å²) in [6, 6.07) is 12.4. The summed E-state index contributed by atoms with van der Waals surface area (Å²) in [5.74, 6) is 2.27. The lowest BCUT2D eigenvalue weighted by Crippen LogP contribution is -2.17. The standard InChI is InChI=1S/C25H31N5O5S/c1-15(2)30-24(16(3)35-20-10-8-19(33-5)9-11-20)28-29-25(30)36-14-23(32)27-18-7-12-22(34-6)21(13-18)26-17(4)31/h7-13,15-16H,14H2,1-6H3,(H,26,31)(H,27,32). The van der Waals surface area contributed by atoms with Gasteiger partial charge in [-0.2, -0.15) is 0 Å². The van der Waals surface area contributed by atoms with Gasteiger partial charge in [0, 0.05) is 18.7 Å². The number of amides is 2. The first-order chi connectivity index (χ1) is 17.2. The highest BCUT2D eigenvalue weighted by Gasteiger charge is 2.22. The number of hydrogen-bond acceptors (Lipinski definition) is 8. The minimum atomic E-state index is -0.358. The van der Waals surface area contributed by atoms with Gasteiger partial charge in [-0.3, -0.25) is 9.59 Å². The molecule has 2 N–H and O–H groups in total. The fourth-order valence-corrected chi connectivity index (χ4v) is 4.34. The lowest BCUT2D eigenvalue weighted by Gasteiger charge is -2.19. The number of ether oxygens (including phenoxy) is 3. The Morgan fingerprint density at radius 2 is 1.67 bits per heavy atom. The molecule has 11 heteroatoms. The van der Waals surface area contributed by atoms with E-state index in [0.717, 1.165) is 5.75 Å². The molecule has 1 atom stereocenters. The third-order valence-electron chi connectivity index (χ3n) is 5.07. The van der Waals surface area contributed by atoms with Gasteiger partial charge in [-0.1, -0.05) is 11.8 Å². The van der Waals surface area contributed by atoms with E-state index in [1.807, 2.05) is 49.6 Å². The highest BCUT2D eigenvalue weighted by molar-refractivity contribution is 7.99. The number of hydrogen-bond donors (Lipinski definition) is 2. The summed E-state index contributed by atoms with van der Waals surface area (Å²) in [6.45, 7) is 7.37. The van der Waals surface area contributed by atoms with E-state index < -0.39 is 0 Å². The van der Waals surface area contributed by atoms with Crippen LogP contribution in [0.1, 0.15) is 45.7 Å². The zero-order valence-corrected chi connectivity index (χ0v) is 22.0. The first-order valence-corrected chi connectivity index (χ1v) is 12.3. The lowest BCUT2D eigenvalue weighted by atomic mass is 10.2. The minimum Gasteiger partial charge on any atom is -0.497 e. The maximum Gasteiger partial charge on any atom is 0.234 e. The van der Waals surface area contributed by atoms with E-state index in [1.54, 1.807) is 25.3 Å². The van der Waals surface area contributed by atoms with Crippen LogP contribution >= 0.6 is 11.8 Å². The van der Waals surface area contributed by atoms with Gasteiger partial charge in [0.2, 0.25) is 11.8 Å².